The van der Waals surface area contributed by atoms with Crippen LogP contribution in [0.25, 0.3) is 11.0 Å². The largest absolute Gasteiger partial charge is 0.449 e. The van der Waals surface area contributed by atoms with Gasteiger partial charge in [0.05, 0.1) is 5.39 Å². The molecule has 1 aliphatic rings. The molecule has 2 N–H and O–H groups in total. The van der Waals surface area contributed by atoms with Gasteiger partial charge in [0, 0.05) is 17.1 Å². The van der Waals surface area contributed by atoms with Gasteiger partial charge in [-0.25, -0.2) is 9.59 Å². The van der Waals surface area contributed by atoms with Crippen molar-refractivity contribution in [1.82, 2.24) is 10.6 Å². The Morgan fingerprint density at radius 2 is 1.93 bits per heavy atom. The molecule has 0 unspecified atom stereocenters. The highest BCUT2D eigenvalue weighted by Crippen LogP contribution is 2.19. The van der Waals surface area contributed by atoms with Gasteiger partial charge >= 0.3 is 12.0 Å². The molecule has 0 bridgehead atoms. The second-order valence-corrected chi connectivity index (χ2v) is 7.04. The Hall–Kier alpha value is -2.87. The number of urea groups is 1. The SMILES string of the molecule is C[C@@H](OC(=O)c1cc(=O)c2cc(Cl)ccc2o1)C(=O)NC(=O)NC1CCCC1. The smallest absolute Gasteiger partial charge is 0.375 e. The van der Waals surface area contributed by atoms with Crippen LogP contribution in [-0.2, 0) is 9.53 Å². The van der Waals surface area contributed by atoms with Crippen LogP contribution in [0.5, 0.6) is 0 Å². The number of esters is 1. The van der Waals surface area contributed by atoms with Crippen molar-refractivity contribution in [3.05, 3.63) is 45.3 Å². The van der Waals surface area contributed by atoms with Crippen molar-refractivity contribution in [2.24, 2.45) is 0 Å². The van der Waals surface area contributed by atoms with Crippen LogP contribution in [0.15, 0.2) is 33.5 Å². The molecule has 3 amide bonds. The summed E-state index contributed by atoms with van der Waals surface area (Å²) in [5, 5.41) is 5.42. The molecule has 3 rings (SSSR count). The second kappa shape index (κ2) is 8.43. The highest BCUT2D eigenvalue weighted by molar-refractivity contribution is 6.31. The number of imide groups is 1. The maximum absolute atomic E-state index is 12.2. The first-order valence-electron chi connectivity index (χ1n) is 8.89. The van der Waals surface area contributed by atoms with Crippen molar-refractivity contribution < 1.29 is 23.5 Å². The molecule has 1 saturated carbocycles. The van der Waals surface area contributed by atoms with E-state index in [0.717, 1.165) is 31.7 Å². The van der Waals surface area contributed by atoms with Gasteiger partial charge in [-0.2, -0.15) is 0 Å². The molecule has 0 aliphatic heterocycles. The summed E-state index contributed by atoms with van der Waals surface area (Å²) in [5.74, 6) is -2.12. The van der Waals surface area contributed by atoms with Gasteiger partial charge in [-0.15, -0.1) is 0 Å². The van der Waals surface area contributed by atoms with Gasteiger partial charge in [-0.05, 0) is 38.0 Å². The number of fused-ring (bicyclic) bond motifs is 1. The monoisotopic (exact) mass is 406 g/mol. The first-order chi connectivity index (χ1) is 13.3. The van der Waals surface area contributed by atoms with Crippen molar-refractivity contribution in [2.45, 2.75) is 44.8 Å². The molecule has 0 saturated heterocycles. The third kappa shape index (κ3) is 4.69. The fourth-order valence-corrected chi connectivity index (χ4v) is 3.18. The highest BCUT2D eigenvalue weighted by Gasteiger charge is 2.24. The van der Waals surface area contributed by atoms with Crippen LogP contribution in [0.4, 0.5) is 4.79 Å². The maximum Gasteiger partial charge on any atom is 0.375 e. The van der Waals surface area contributed by atoms with Crippen molar-refractivity contribution in [3.8, 4) is 0 Å². The number of hydrogen-bond acceptors (Lipinski definition) is 6. The third-order valence-corrected chi connectivity index (χ3v) is 4.71. The van der Waals surface area contributed by atoms with Crippen LogP contribution in [0.2, 0.25) is 5.02 Å². The van der Waals surface area contributed by atoms with E-state index >= 15 is 0 Å². The number of ether oxygens (including phenoxy) is 1. The van der Waals surface area contributed by atoms with Gasteiger partial charge in [0.1, 0.15) is 5.58 Å². The lowest BCUT2D eigenvalue weighted by Crippen LogP contribution is -2.47. The van der Waals surface area contributed by atoms with Crippen LogP contribution in [0.1, 0.15) is 43.2 Å². The Balaban J connectivity index is 1.62. The van der Waals surface area contributed by atoms with E-state index in [0.29, 0.717) is 5.02 Å². The van der Waals surface area contributed by atoms with Crippen molar-refractivity contribution in [2.75, 3.05) is 0 Å². The summed E-state index contributed by atoms with van der Waals surface area (Å²) in [5.41, 5.74) is -0.305. The van der Waals surface area contributed by atoms with Gasteiger partial charge in [-0.1, -0.05) is 24.4 Å². The number of benzene rings is 1. The molecule has 9 heteroatoms. The highest BCUT2D eigenvalue weighted by atomic mass is 35.5. The van der Waals surface area contributed by atoms with Crippen LogP contribution >= 0.6 is 11.6 Å². The van der Waals surface area contributed by atoms with Crippen molar-refractivity contribution in [3.63, 3.8) is 0 Å². The zero-order valence-electron chi connectivity index (χ0n) is 15.1. The van der Waals surface area contributed by atoms with E-state index in [2.05, 4.69) is 10.6 Å². The van der Waals surface area contributed by atoms with E-state index in [9.17, 15) is 19.2 Å². The molecule has 1 aromatic heterocycles. The fraction of sp³-hybridized carbons (Fsp3) is 0.368. The molecular weight excluding hydrogens is 388 g/mol. The molecule has 1 aromatic carbocycles. The fourth-order valence-electron chi connectivity index (χ4n) is 3.01. The predicted octanol–water partition coefficient (Wildman–Crippen LogP) is 2.76. The summed E-state index contributed by atoms with van der Waals surface area (Å²) in [6.45, 7) is 1.31. The number of carbonyl (C=O) groups excluding carboxylic acids is 3. The average Bonchev–Trinajstić information content (AvgIpc) is 3.14. The number of hydrogen-bond donors (Lipinski definition) is 2. The summed E-state index contributed by atoms with van der Waals surface area (Å²) < 4.78 is 10.4. The van der Waals surface area contributed by atoms with E-state index in [4.69, 9.17) is 20.8 Å². The van der Waals surface area contributed by atoms with Gasteiger partial charge in [0.15, 0.2) is 11.5 Å². The molecule has 2 aromatic rings. The molecule has 1 fully saturated rings. The number of nitrogens with one attached hydrogen (secondary N) is 2. The first kappa shape index (κ1) is 19.9. The first-order valence-corrected chi connectivity index (χ1v) is 9.27. The van der Waals surface area contributed by atoms with Crippen LogP contribution in [0, 0.1) is 0 Å². The molecule has 148 valence electrons. The topological polar surface area (TPSA) is 115 Å². The molecular formula is C19H19ClN2O6. The molecule has 0 spiro atoms. The lowest BCUT2D eigenvalue weighted by molar-refractivity contribution is -0.128. The van der Waals surface area contributed by atoms with E-state index in [1.807, 2.05) is 0 Å². The summed E-state index contributed by atoms with van der Waals surface area (Å²) >= 11 is 5.84. The Morgan fingerprint density at radius 1 is 1.21 bits per heavy atom. The molecule has 1 aliphatic carbocycles. The third-order valence-electron chi connectivity index (χ3n) is 4.47. The van der Waals surface area contributed by atoms with E-state index < -0.39 is 29.4 Å². The lowest BCUT2D eigenvalue weighted by atomic mass is 10.2. The molecule has 1 heterocycles. The van der Waals surface area contributed by atoms with Crippen molar-refractivity contribution in [1.29, 1.82) is 0 Å². The Morgan fingerprint density at radius 3 is 2.64 bits per heavy atom. The minimum Gasteiger partial charge on any atom is -0.449 e. The van der Waals surface area contributed by atoms with E-state index in [1.165, 1.54) is 25.1 Å². The van der Waals surface area contributed by atoms with Gasteiger partial charge in [-0.3, -0.25) is 14.9 Å². The normalized spacial score (nSPS) is 15.2. The number of rotatable bonds is 4. The van der Waals surface area contributed by atoms with Crippen molar-refractivity contribution >= 4 is 40.5 Å². The summed E-state index contributed by atoms with van der Waals surface area (Å²) in [6.07, 6.45) is 2.57. The average molecular weight is 407 g/mol. The molecule has 8 nitrogen and oxygen atoms in total. The standard InChI is InChI=1S/C19H19ClN2O6/c1-10(17(24)22-19(26)21-12-4-2-3-5-12)27-18(25)16-9-14(23)13-8-11(20)6-7-15(13)28-16/h6-10,12H,2-5H2,1H3,(H2,21,22,24,26)/t10-/m1/s1. The molecule has 0 radical (unpaired) electrons. The minimum absolute atomic E-state index is 0.0473. The van der Waals surface area contributed by atoms with Crippen LogP contribution in [0.3, 0.4) is 0 Å². The molecule has 1 atom stereocenters. The van der Waals surface area contributed by atoms with Gasteiger partial charge in [0.2, 0.25) is 5.76 Å². The predicted molar refractivity (Wildman–Crippen MR) is 101 cm³/mol. The quantitative estimate of drug-likeness (QED) is 0.754. The van der Waals surface area contributed by atoms with Gasteiger partial charge < -0.3 is 14.5 Å². The lowest BCUT2D eigenvalue weighted by Gasteiger charge is -2.15. The van der Waals surface area contributed by atoms with Crippen LogP contribution in [-0.4, -0.2) is 30.1 Å². The summed E-state index contributed by atoms with van der Waals surface area (Å²) in [4.78, 5) is 48.2. The second-order valence-electron chi connectivity index (χ2n) is 6.61. The zero-order chi connectivity index (χ0) is 20.3. The molecule has 28 heavy (non-hydrogen) atoms. The summed E-state index contributed by atoms with van der Waals surface area (Å²) in [7, 11) is 0. The van der Waals surface area contributed by atoms with Gasteiger partial charge in [0.25, 0.3) is 5.91 Å². The number of amides is 3. The van der Waals surface area contributed by atoms with E-state index in [1.54, 1.807) is 0 Å². The minimum atomic E-state index is -1.26. The maximum atomic E-state index is 12.2. The Kier molecular flexibility index (Phi) is 5.99. The zero-order valence-corrected chi connectivity index (χ0v) is 15.9. The van der Waals surface area contributed by atoms with E-state index in [-0.39, 0.29) is 22.8 Å². The Labute approximate surface area is 165 Å². The number of carbonyl (C=O) groups is 3. The Bertz CT molecular complexity index is 980. The van der Waals surface area contributed by atoms with Crippen LogP contribution < -0.4 is 16.1 Å². The number of halogens is 1. The summed E-state index contributed by atoms with van der Waals surface area (Å²) in [6, 6.07) is 4.79.